The van der Waals surface area contributed by atoms with Crippen LogP contribution in [0.15, 0.2) is 59.5 Å². The van der Waals surface area contributed by atoms with Crippen LogP contribution in [-0.4, -0.2) is 24.7 Å². The molecule has 1 N–H and O–H groups in total. The first-order valence-corrected chi connectivity index (χ1v) is 8.31. The van der Waals surface area contributed by atoms with E-state index in [0.29, 0.717) is 11.8 Å². The molecule has 152 valence electrons. The molecule has 0 aliphatic carbocycles. The number of para-hydroxylation sites is 2. The Balaban J connectivity index is 1.84. The highest BCUT2D eigenvalue weighted by Gasteiger charge is 2.40. The second-order valence-corrected chi connectivity index (χ2v) is 6.01. The molecule has 2 heterocycles. The van der Waals surface area contributed by atoms with Crippen LogP contribution in [0.1, 0.15) is 5.56 Å². The first kappa shape index (κ1) is 19.1. The Morgan fingerprint density at radius 1 is 1.10 bits per heavy atom. The smallest absolute Gasteiger partial charge is 0.418 e. The number of hydrogen-bond acceptors (Lipinski definition) is 6. The molecule has 4 aromatic rings. The van der Waals surface area contributed by atoms with Crippen molar-refractivity contribution in [3.05, 3.63) is 80.8 Å². The maximum absolute atomic E-state index is 13.2. The van der Waals surface area contributed by atoms with Crippen molar-refractivity contribution in [2.24, 2.45) is 0 Å². The highest BCUT2D eigenvalue weighted by Crippen LogP contribution is 2.42. The number of nitrogens with zero attached hydrogens (tertiary/aromatic N) is 4. The molecule has 0 fully saturated rings. The summed E-state index contributed by atoms with van der Waals surface area (Å²) in [7, 11) is 0. The minimum atomic E-state index is -4.97. The van der Waals surface area contributed by atoms with E-state index in [4.69, 9.17) is 4.74 Å². The summed E-state index contributed by atoms with van der Waals surface area (Å²) in [6.45, 7) is 0. The van der Waals surface area contributed by atoms with Crippen molar-refractivity contribution in [3.63, 3.8) is 0 Å². The van der Waals surface area contributed by atoms with Gasteiger partial charge in [-0.15, -0.1) is 0 Å². The molecule has 9 nitrogen and oxygen atoms in total. The molecule has 2 aromatic carbocycles. The van der Waals surface area contributed by atoms with Crippen LogP contribution in [-0.2, 0) is 6.18 Å². The standard InChI is InChI=1S/C18H10F3N5O4/c19-18(20,21)12-7-4-8-13(14(12)26(28)29)30-17-23-15-11(16(27)24-17)9-22-25(15)10-5-2-1-3-6-10/h1-9H,(H,23,24,27). The number of alkyl halides is 3. The van der Waals surface area contributed by atoms with E-state index in [1.165, 1.54) is 10.9 Å². The summed E-state index contributed by atoms with van der Waals surface area (Å²) in [5.74, 6) is -0.719. The van der Waals surface area contributed by atoms with Gasteiger partial charge in [0.2, 0.25) is 5.75 Å². The number of aromatic nitrogens is 4. The van der Waals surface area contributed by atoms with E-state index in [2.05, 4.69) is 15.1 Å². The Morgan fingerprint density at radius 2 is 1.83 bits per heavy atom. The maximum atomic E-state index is 13.2. The lowest BCUT2D eigenvalue weighted by molar-refractivity contribution is -0.388. The number of nitro benzene ring substituents is 1. The van der Waals surface area contributed by atoms with Crippen LogP contribution < -0.4 is 10.3 Å². The summed E-state index contributed by atoms with van der Waals surface area (Å²) in [6, 6.07) is 10.6. The molecule has 0 bridgehead atoms. The number of H-pyrrole nitrogens is 1. The van der Waals surface area contributed by atoms with Crippen LogP contribution in [0.25, 0.3) is 16.7 Å². The van der Waals surface area contributed by atoms with E-state index in [1.54, 1.807) is 30.3 Å². The average molecular weight is 417 g/mol. The van der Waals surface area contributed by atoms with E-state index in [0.717, 1.165) is 12.1 Å². The monoisotopic (exact) mass is 417 g/mol. The number of ether oxygens (including phenoxy) is 1. The first-order valence-electron chi connectivity index (χ1n) is 8.31. The van der Waals surface area contributed by atoms with Gasteiger partial charge in [0.1, 0.15) is 10.9 Å². The van der Waals surface area contributed by atoms with E-state index < -0.39 is 39.7 Å². The lowest BCUT2D eigenvalue weighted by Gasteiger charge is -2.11. The molecule has 30 heavy (non-hydrogen) atoms. The fourth-order valence-electron chi connectivity index (χ4n) is 2.83. The molecule has 0 atom stereocenters. The highest BCUT2D eigenvalue weighted by atomic mass is 19.4. The van der Waals surface area contributed by atoms with Crippen LogP contribution in [0.3, 0.4) is 0 Å². The molecule has 0 aliphatic heterocycles. The topological polar surface area (TPSA) is 116 Å². The molecular formula is C18H10F3N5O4. The van der Waals surface area contributed by atoms with Crippen LogP contribution in [0.5, 0.6) is 11.8 Å². The third-order valence-electron chi connectivity index (χ3n) is 4.11. The Hall–Kier alpha value is -4.22. The number of fused-ring (bicyclic) bond motifs is 1. The van der Waals surface area contributed by atoms with Crippen molar-refractivity contribution in [2.45, 2.75) is 6.18 Å². The van der Waals surface area contributed by atoms with Gasteiger partial charge in [0.25, 0.3) is 5.56 Å². The van der Waals surface area contributed by atoms with E-state index >= 15 is 0 Å². The quantitative estimate of drug-likeness (QED) is 0.399. The number of nitrogens with one attached hydrogen (secondary N) is 1. The van der Waals surface area contributed by atoms with Gasteiger partial charge in [-0.2, -0.15) is 23.3 Å². The Morgan fingerprint density at radius 3 is 2.50 bits per heavy atom. The molecule has 0 radical (unpaired) electrons. The predicted octanol–water partition coefficient (Wildman–Crippen LogP) is 3.83. The highest BCUT2D eigenvalue weighted by molar-refractivity contribution is 5.75. The molecule has 0 saturated heterocycles. The van der Waals surface area contributed by atoms with Crippen molar-refractivity contribution in [1.82, 2.24) is 19.7 Å². The molecular weight excluding hydrogens is 407 g/mol. The lowest BCUT2D eigenvalue weighted by Crippen LogP contribution is -2.12. The fraction of sp³-hybridized carbons (Fsp3) is 0.0556. The number of hydrogen-bond donors (Lipinski definition) is 1. The van der Waals surface area contributed by atoms with E-state index in [-0.39, 0.29) is 11.0 Å². The predicted molar refractivity (Wildman–Crippen MR) is 97.7 cm³/mol. The zero-order valence-electron chi connectivity index (χ0n) is 14.8. The molecule has 0 aliphatic rings. The Labute approximate surface area is 164 Å². The number of aromatic amines is 1. The largest absolute Gasteiger partial charge is 0.423 e. The SMILES string of the molecule is O=c1[nH]c(Oc2cccc(C(F)(F)F)c2[N+](=O)[O-])nc2c1cnn2-c1ccccc1. The number of halogens is 3. The van der Waals surface area contributed by atoms with Crippen molar-refractivity contribution < 1.29 is 22.8 Å². The average Bonchev–Trinajstić information content (AvgIpc) is 3.12. The lowest BCUT2D eigenvalue weighted by atomic mass is 10.1. The van der Waals surface area contributed by atoms with Gasteiger partial charge in [-0.3, -0.25) is 19.9 Å². The maximum Gasteiger partial charge on any atom is 0.423 e. The summed E-state index contributed by atoms with van der Waals surface area (Å²) < 4.78 is 46.0. The molecule has 12 heteroatoms. The minimum absolute atomic E-state index is 0.0644. The molecule has 0 saturated carbocycles. The van der Waals surface area contributed by atoms with Gasteiger partial charge in [-0.25, -0.2) is 4.68 Å². The number of nitro groups is 1. The summed E-state index contributed by atoms with van der Waals surface area (Å²) in [5.41, 5.74) is -2.81. The second kappa shape index (κ2) is 6.99. The molecule has 0 unspecified atom stereocenters. The zero-order valence-corrected chi connectivity index (χ0v) is 14.8. The van der Waals surface area contributed by atoms with Crippen LogP contribution in [0.2, 0.25) is 0 Å². The van der Waals surface area contributed by atoms with Crippen LogP contribution >= 0.6 is 0 Å². The summed E-state index contributed by atoms with van der Waals surface area (Å²) >= 11 is 0. The Kier molecular flexibility index (Phi) is 4.45. The van der Waals surface area contributed by atoms with Gasteiger partial charge >= 0.3 is 17.9 Å². The normalized spacial score (nSPS) is 11.6. The van der Waals surface area contributed by atoms with Gasteiger partial charge in [-0.05, 0) is 24.3 Å². The second-order valence-electron chi connectivity index (χ2n) is 6.01. The van der Waals surface area contributed by atoms with Gasteiger partial charge in [0, 0.05) is 0 Å². The van der Waals surface area contributed by atoms with Crippen LogP contribution in [0.4, 0.5) is 18.9 Å². The molecule has 4 rings (SSSR count). The Bertz CT molecular complexity index is 1320. The molecule has 0 spiro atoms. The third kappa shape index (κ3) is 3.34. The van der Waals surface area contributed by atoms with E-state index in [9.17, 15) is 28.1 Å². The van der Waals surface area contributed by atoms with Crippen molar-refractivity contribution >= 4 is 16.7 Å². The van der Waals surface area contributed by atoms with Gasteiger partial charge in [-0.1, -0.05) is 24.3 Å². The van der Waals surface area contributed by atoms with Crippen molar-refractivity contribution in [1.29, 1.82) is 0 Å². The van der Waals surface area contributed by atoms with Crippen molar-refractivity contribution in [2.75, 3.05) is 0 Å². The summed E-state index contributed by atoms with van der Waals surface area (Å²) in [4.78, 5) is 28.7. The zero-order chi connectivity index (χ0) is 21.5. The molecule has 2 aromatic heterocycles. The summed E-state index contributed by atoms with van der Waals surface area (Å²) in [5, 5.41) is 15.5. The first-order chi connectivity index (χ1) is 14.3. The van der Waals surface area contributed by atoms with Gasteiger partial charge in [0.05, 0.1) is 16.8 Å². The van der Waals surface area contributed by atoms with Crippen molar-refractivity contribution in [3.8, 4) is 17.4 Å². The number of benzene rings is 2. The number of rotatable bonds is 4. The molecule has 0 amide bonds. The summed E-state index contributed by atoms with van der Waals surface area (Å²) in [6.07, 6.45) is -3.71. The van der Waals surface area contributed by atoms with Gasteiger partial charge < -0.3 is 4.74 Å². The third-order valence-corrected chi connectivity index (χ3v) is 4.11. The minimum Gasteiger partial charge on any atom is -0.418 e. The van der Waals surface area contributed by atoms with Gasteiger partial charge in [0.15, 0.2) is 5.65 Å². The van der Waals surface area contributed by atoms with E-state index in [1.807, 2.05) is 0 Å². The fourth-order valence-corrected chi connectivity index (χ4v) is 2.83. The van der Waals surface area contributed by atoms with Crippen LogP contribution in [0, 0.1) is 10.1 Å².